The number of hydrogen-bond donors (Lipinski definition) is 1. The van der Waals surface area contributed by atoms with Gasteiger partial charge in [-0.15, -0.1) is 0 Å². The summed E-state index contributed by atoms with van der Waals surface area (Å²) in [5.41, 5.74) is 2.21. The molecule has 1 aliphatic rings. The van der Waals surface area contributed by atoms with Gasteiger partial charge in [0.1, 0.15) is 37.4 Å². The number of para-hydroxylation sites is 1. The quantitative estimate of drug-likeness (QED) is 0.759. The standard InChI is InChI=1S/C15H13N5O2/c21-15-11-5-10-3-1-2-4-13(10)22-7-12(11)18-14(19-15)6-20-9-16-8-17-20/h1-4,8-9H,5-7H2,(H,18,19,21). The van der Waals surface area contributed by atoms with Crippen molar-refractivity contribution in [2.24, 2.45) is 0 Å². The van der Waals surface area contributed by atoms with Crippen molar-refractivity contribution in [1.82, 2.24) is 24.7 Å². The fraction of sp³-hybridized carbons (Fsp3) is 0.200. The lowest BCUT2D eigenvalue weighted by atomic mass is 10.1. The van der Waals surface area contributed by atoms with E-state index in [9.17, 15) is 4.79 Å². The maximum atomic E-state index is 12.4. The molecular formula is C15H13N5O2. The van der Waals surface area contributed by atoms with E-state index in [0.717, 1.165) is 11.3 Å². The summed E-state index contributed by atoms with van der Waals surface area (Å²) in [6.07, 6.45) is 3.55. The number of nitrogens with zero attached hydrogens (tertiary/aromatic N) is 4. The minimum atomic E-state index is -0.125. The van der Waals surface area contributed by atoms with Crippen LogP contribution in [0.4, 0.5) is 0 Å². The second kappa shape index (κ2) is 5.10. The molecule has 0 atom stereocenters. The van der Waals surface area contributed by atoms with E-state index in [-0.39, 0.29) is 5.56 Å². The van der Waals surface area contributed by atoms with Gasteiger partial charge in [-0.1, -0.05) is 18.2 Å². The van der Waals surface area contributed by atoms with Crippen molar-refractivity contribution in [1.29, 1.82) is 0 Å². The minimum absolute atomic E-state index is 0.125. The van der Waals surface area contributed by atoms with Gasteiger partial charge in [-0.25, -0.2) is 14.6 Å². The highest BCUT2D eigenvalue weighted by atomic mass is 16.5. The van der Waals surface area contributed by atoms with Crippen molar-refractivity contribution in [3.05, 3.63) is 69.9 Å². The molecule has 2 aromatic heterocycles. The molecule has 0 bridgehead atoms. The van der Waals surface area contributed by atoms with Gasteiger partial charge in [-0.3, -0.25) is 4.79 Å². The fourth-order valence-corrected chi connectivity index (χ4v) is 2.57. The van der Waals surface area contributed by atoms with Gasteiger partial charge in [0.05, 0.1) is 5.69 Å². The Balaban J connectivity index is 1.73. The topological polar surface area (TPSA) is 85.7 Å². The van der Waals surface area contributed by atoms with Gasteiger partial charge in [-0.05, 0) is 11.6 Å². The summed E-state index contributed by atoms with van der Waals surface area (Å²) in [5.74, 6) is 1.35. The molecule has 0 unspecified atom stereocenters. The average molecular weight is 295 g/mol. The average Bonchev–Trinajstić information content (AvgIpc) is 2.94. The molecule has 0 saturated carbocycles. The lowest BCUT2D eigenvalue weighted by molar-refractivity contribution is 0.301. The Morgan fingerprint density at radius 1 is 1.32 bits per heavy atom. The summed E-state index contributed by atoms with van der Waals surface area (Å²) in [5, 5.41) is 4.02. The molecule has 3 heterocycles. The molecule has 0 radical (unpaired) electrons. The maximum Gasteiger partial charge on any atom is 0.254 e. The number of aromatic amines is 1. The molecule has 0 amide bonds. The predicted molar refractivity (Wildman–Crippen MR) is 77.6 cm³/mol. The number of aromatic nitrogens is 5. The molecule has 1 aliphatic heterocycles. The molecule has 7 nitrogen and oxygen atoms in total. The zero-order valence-electron chi connectivity index (χ0n) is 11.7. The number of benzene rings is 1. The molecule has 0 saturated heterocycles. The van der Waals surface area contributed by atoms with Crippen molar-refractivity contribution in [2.75, 3.05) is 0 Å². The Hall–Kier alpha value is -2.96. The van der Waals surface area contributed by atoms with Gasteiger partial charge in [0.15, 0.2) is 0 Å². The molecule has 0 fully saturated rings. The highest BCUT2D eigenvalue weighted by Gasteiger charge is 2.19. The monoisotopic (exact) mass is 295 g/mol. The maximum absolute atomic E-state index is 12.4. The highest BCUT2D eigenvalue weighted by molar-refractivity contribution is 5.40. The van der Waals surface area contributed by atoms with Crippen molar-refractivity contribution in [3.63, 3.8) is 0 Å². The Kier molecular flexibility index (Phi) is 2.96. The third kappa shape index (κ3) is 2.26. The molecule has 7 heteroatoms. The number of fused-ring (bicyclic) bond motifs is 2. The Labute approximate surface area is 125 Å². The SMILES string of the molecule is O=c1[nH]c(Cn2cncn2)nc2c1Cc1ccccc1OC2. The van der Waals surface area contributed by atoms with Crippen LogP contribution < -0.4 is 10.3 Å². The first kappa shape index (κ1) is 12.8. The van der Waals surface area contributed by atoms with E-state index in [1.54, 1.807) is 11.0 Å². The van der Waals surface area contributed by atoms with Crippen molar-refractivity contribution < 1.29 is 4.74 Å². The first-order valence-corrected chi connectivity index (χ1v) is 6.93. The van der Waals surface area contributed by atoms with Crippen LogP contribution in [0.25, 0.3) is 0 Å². The number of nitrogens with one attached hydrogen (secondary N) is 1. The Bertz CT molecular complexity index is 870. The van der Waals surface area contributed by atoms with Gasteiger partial charge in [0.25, 0.3) is 5.56 Å². The molecule has 0 aliphatic carbocycles. The van der Waals surface area contributed by atoms with Crippen LogP contribution in [0.3, 0.4) is 0 Å². The molecule has 0 spiro atoms. The van der Waals surface area contributed by atoms with E-state index in [2.05, 4.69) is 20.1 Å². The predicted octanol–water partition coefficient (Wildman–Crippen LogP) is 0.893. The molecule has 110 valence electrons. The number of rotatable bonds is 2. The van der Waals surface area contributed by atoms with Crippen molar-refractivity contribution in [3.8, 4) is 5.75 Å². The van der Waals surface area contributed by atoms with E-state index >= 15 is 0 Å². The second-order valence-electron chi connectivity index (χ2n) is 5.10. The van der Waals surface area contributed by atoms with Gasteiger partial charge in [-0.2, -0.15) is 5.10 Å². The third-order valence-electron chi connectivity index (χ3n) is 3.63. The Morgan fingerprint density at radius 2 is 2.23 bits per heavy atom. The number of ether oxygens (including phenoxy) is 1. The first-order chi connectivity index (χ1) is 10.8. The first-order valence-electron chi connectivity index (χ1n) is 6.93. The molecular weight excluding hydrogens is 282 g/mol. The van der Waals surface area contributed by atoms with Crippen LogP contribution in [0.15, 0.2) is 41.7 Å². The van der Waals surface area contributed by atoms with Gasteiger partial charge in [0, 0.05) is 12.0 Å². The van der Waals surface area contributed by atoms with Crippen LogP contribution in [-0.4, -0.2) is 24.7 Å². The van der Waals surface area contributed by atoms with E-state index in [4.69, 9.17) is 4.74 Å². The summed E-state index contributed by atoms with van der Waals surface area (Å²) >= 11 is 0. The highest BCUT2D eigenvalue weighted by Crippen LogP contribution is 2.25. The van der Waals surface area contributed by atoms with Crippen LogP contribution in [0.5, 0.6) is 5.75 Å². The van der Waals surface area contributed by atoms with E-state index in [1.807, 2.05) is 24.3 Å². The molecule has 1 N–H and O–H groups in total. The molecule has 3 aromatic rings. The summed E-state index contributed by atoms with van der Waals surface area (Å²) in [7, 11) is 0. The minimum Gasteiger partial charge on any atom is -0.487 e. The summed E-state index contributed by atoms with van der Waals surface area (Å²) < 4.78 is 7.38. The van der Waals surface area contributed by atoms with Crippen LogP contribution in [0.1, 0.15) is 22.6 Å². The van der Waals surface area contributed by atoms with Crippen LogP contribution >= 0.6 is 0 Å². The van der Waals surface area contributed by atoms with Crippen molar-refractivity contribution in [2.45, 2.75) is 19.6 Å². The molecule has 4 rings (SSSR count). The Morgan fingerprint density at radius 3 is 3.09 bits per heavy atom. The fourth-order valence-electron chi connectivity index (χ4n) is 2.57. The third-order valence-corrected chi connectivity index (χ3v) is 3.63. The van der Waals surface area contributed by atoms with Gasteiger partial charge >= 0.3 is 0 Å². The summed E-state index contributed by atoms with van der Waals surface area (Å²) in [6.45, 7) is 0.663. The van der Waals surface area contributed by atoms with E-state index in [1.165, 1.54) is 6.33 Å². The molecule has 1 aromatic carbocycles. The smallest absolute Gasteiger partial charge is 0.254 e. The zero-order chi connectivity index (χ0) is 14.9. The normalized spacial score (nSPS) is 12.9. The van der Waals surface area contributed by atoms with Crippen LogP contribution in [0.2, 0.25) is 0 Å². The zero-order valence-corrected chi connectivity index (χ0v) is 11.7. The summed E-state index contributed by atoms with van der Waals surface area (Å²) in [4.78, 5) is 23.6. The van der Waals surface area contributed by atoms with Crippen LogP contribution in [0, 0.1) is 0 Å². The lowest BCUT2D eigenvalue weighted by Crippen LogP contribution is -2.21. The van der Waals surface area contributed by atoms with E-state index < -0.39 is 0 Å². The largest absolute Gasteiger partial charge is 0.487 e. The second-order valence-corrected chi connectivity index (χ2v) is 5.10. The van der Waals surface area contributed by atoms with Gasteiger partial charge in [0.2, 0.25) is 0 Å². The van der Waals surface area contributed by atoms with Gasteiger partial charge < -0.3 is 9.72 Å². The lowest BCUT2D eigenvalue weighted by Gasteiger charge is -2.07. The number of hydrogen-bond acceptors (Lipinski definition) is 5. The van der Waals surface area contributed by atoms with Crippen LogP contribution in [-0.2, 0) is 19.6 Å². The summed E-state index contributed by atoms with van der Waals surface area (Å²) in [6, 6.07) is 7.73. The number of H-pyrrole nitrogens is 1. The molecule has 22 heavy (non-hydrogen) atoms. The van der Waals surface area contributed by atoms with E-state index in [0.29, 0.717) is 36.7 Å². The van der Waals surface area contributed by atoms with Crippen molar-refractivity contribution >= 4 is 0 Å².